The van der Waals surface area contributed by atoms with Crippen molar-refractivity contribution in [1.29, 1.82) is 0 Å². The van der Waals surface area contributed by atoms with Crippen molar-refractivity contribution in [3.05, 3.63) is 65.4 Å². The number of aliphatic imine (C=N–C) groups is 1. The van der Waals surface area contributed by atoms with E-state index in [0.717, 1.165) is 23.2 Å². The van der Waals surface area contributed by atoms with Gasteiger partial charge in [0, 0.05) is 43.3 Å². The summed E-state index contributed by atoms with van der Waals surface area (Å²) >= 11 is 5.70. The third-order valence-electron chi connectivity index (χ3n) is 5.81. The third kappa shape index (κ3) is 5.35. The van der Waals surface area contributed by atoms with Crippen molar-refractivity contribution in [3.63, 3.8) is 0 Å². The maximum Gasteiger partial charge on any atom is 0.238 e. The number of carbonyl (C=O) groups excluding carboxylic acids is 1. The molecule has 2 heterocycles. The number of alkyl halides is 1. The number of hydrogen-bond acceptors (Lipinski definition) is 7. The normalized spacial score (nSPS) is 18.1. The molecule has 4 N–H and O–H groups in total. The molecule has 180 valence electrons. The number of fused-ring (bicyclic) bond motifs is 1. The number of nitrogens with zero attached hydrogens (tertiary/aromatic N) is 3. The lowest BCUT2D eigenvalue weighted by Crippen LogP contribution is -2.39. The number of amidine groups is 1. The number of sulfonamides is 1. The van der Waals surface area contributed by atoms with Crippen molar-refractivity contribution in [2.24, 2.45) is 10.1 Å². The van der Waals surface area contributed by atoms with Crippen LogP contribution in [-0.4, -0.2) is 55.7 Å². The number of halogens is 1. The second-order valence-electron chi connectivity index (χ2n) is 8.35. The molecule has 0 aliphatic carbocycles. The molecule has 2 aromatic carbocycles. The molecule has 1 amide bonds. The molecule has 2 aliphatic heterocycles. The van der Waals surface area contributed by atoms with Crippen LogP contribution in [0.2, 0.25) is 0 Å². The van der Waals surface area contributed by atoms with Gasteiger partial charge in [0.25, 0.3) is 0 Å². The number of benzene rings is 2. The van der Waals surface area contributed by atoms with E-state index < -0.39 is 16.3 Å². The Labute approximate surface area is 204 Å². The van der Waals surface area contributed by atoms with E-state index in [4.69, 9.17) is 21.7 Å². The monoisotopic (exact) mass is 502 g/mol. The number of primary sulfonamides is 1. The Hall–Kier alpha value is -3.08. The molecular formula is C23H27ClN6O3S. The highest BCUT2D eigenvalue weighted by atomic mass is 35.5. The molecule has 34 heavy (non-hydrogen) atoms. The molecule has 0 bridgehead atoms. The van der Waals surface area contributed by atoms with Gasteiger partial charge in [-0.15, -0.1) is 11.6 Å². The van der Waals surface area contributed by atoms with Crippen LogP contribution in [-0.2, 0) is 27.8 Å². The Morgan fingerprint density at radius 2 is 2.00 bits per heavy atom. The van der Waals surface area contributed by atoms with Crippen LogP contribution in [0.1, 0.15) is 18.1 Å². The second-order valence-corrected chi connectivity index (χ2v) is 10.2. The Bertz CT molecular complexity index is 1280. The van der Waals surface area contributed by atoms with Crippen molar-refractivity contribution in [2.45, 2.75) is 31.1 Å². The molecule has 2 aliphatic rings. The van der Waals surface area contributed by atoms with E-state index in [1.807, 2.05) is 37.2 Å². The molecule has 1 unspecified atom stereocenters. The number of hydrogen-bond donors (Lipinski definition) is 3. The molecular weight excluding hydrogens is 476 g/mol. The molecule has 0 aromatic heterocycles. The summed E-state index contributed by atoms with van der Waals surface area (Å²) < 4.78 is 23.4. The number of rotatable bonds is 5. The van der Waals surface area contributed by atoms with Crippen LogP contribution in [0.3, 0.4) is 0 Å². The molecule has 2 aromatic rings. The predicted octanol–water partition coefficient (Wildman–Crippen LogP) is 2.51. The minimum Gasteiger partial charge on any atom is -0.347 e. The Morgan fingerprint density at radius 1 is 1.21 bits per heavy atom. The Morgan fingerprint density at radius 3 is 2.74 bits per heavy atom. The van der Waals surface area contributed by atoms with E-state index in [-0.39, 0.29) is 16.7 Å². The molecule has 0 fully saturated rings. The Kier molecular flexibility index (Phi) is 6.83. The Balaban J connectivity index is 1.51. The van der Waals surface area contributed by atoms with Crippen molar-refractivity contribution >= 4 is 44.7 Å². The number of amides is 1. The van der Waals surface area contributed by atoms with Crippen LogP contribution in [0.5, 0.6) is 0 Å². The highest BCUT2D eigenvalue weighted by Gasteiger charge is 2.22. The largest absolute Gasteiger partial charge is 0.347 e. The van der Waals surface area contributed by atoms with Crippen LogP contribution >= 0.6 is 11.6 Å². The average Bonchev–Trinajstić information content (AvgIpc) is 2.81. The fraction of sp³-hybridized carbons (Fsp3) is 0.304. The van der Waals surface area contributed by atoms with Gasteiger partial charge in [0.15, 0.2) is 6.29 Å². The lowest BCUT2D eigenvalue weighted by atomic mass is 9.99. The van der Waals surface area contributed by atoms with E-state index in [9.17, 15) is 13.2 Å². The topological polar surface area (TPSA) is 120 Å². The second kappa shape index (κ2) is 9.65. The van der Waals surface area contributed by atoms with Crippen LogP contribution in [0.25, 0.3) is 0 Å². The first-order valence-corrected chi connectivity index (χ1v) is 12.8. The van der Waals surface area contributed by atoms with Crippen LogP contribution in [0, 0.1) is 0 Å². The van der Waals surface area contributed by atoms with Crippen LogP contribution < -0.4 is 15.8 Å². The first-order chi connectivity index (χ1) is 16.1. The van der Waals surface area contributed by atoms with E-state index in [1.54, 1.807) is 17.0 Å². The zero-order valence-corrected chi connectivity index (χ0v) is 20.5. The summed E-state index contributed by atoms with van der Waals surface area (Å²) in [5.41, 5.74) is 4.75. The summed E-state index contributed by atoms with van der Waals surface area (Å²) in [4.78, 5) is 20.4. The van der Waals surface area contributed by atoms with Crippen molar-refractivity contribution in [2.75, 3.05) is 30.1 Å². The standard InChI is InChI=1S/C23H27ClN6O3S/c1-15-13-29(2)23(27-18-4-3-5-20(11-18)34(25,32)33)28-22(15)26-19-7-6-17-14-30(21(31)12-24)9-8-16(17)10-19/h3-7,10-11,13,23,27H,8-9,12,14H2,1-2H3,(H,26,28)(H2,25,32,33). The van der Waals surface area contributed by atoms with Gasteiger partial charge in [0.2, 0.25) is 15.9 Å². The maximum atomic E-state index is 11.9. The molecule has 9 nitrogen and oxygen atoms in total. The van der Waals surface area contributed by atoms with Crippen molar-refractivity contribution < 1.29 is 13.2 Å². The highest BCUT2D eigenvalue weighted by Crippen LogP contribution is 2.25. The molecule has 0 radical (unpaired) electrons. The molecule has 11 heteroatoms. The summed E-state index contributed by atoms with van der Waals surface area (Å²) in [6.07, 6.45) is 2.28. The first kappa shape index (κ1) is 24.1. The van der Waals surface area contributed by atoms with E-state index in [1.165, 1.54) is 17.7 Å². The van der Waals surface area contributed by atoms with Crippen molar-refractivity contribution in [1.82, 2.24) is 9.80 Å². The molecule has 4 rings (SSSR count). The van der Waals surface area contributed by atoms with Gasteiger partial charge in [-0.25, -0.2) is 18.5 Å². The summed E-state index contributed by atoms with van der Waals surface area (Å²) in [7, 11) is -1.91. The fourth-order valence-corrected chi connectivity index (χ4v) is 4.72. The first-order valence-electron chi connectivity index (χ1n) is 10.7. The van der Waals surface area contributed by atoms with Crippen LogP contribution in [0.15, 0.2) is 64.1 Å². The van der Waals surface area contributed by atoms with Gasteiger partial charge in [0.05, 0.1) is 4.90 Å². The lowest BCUT2D eigenvalue weighted by molar-refractivity contribution is -0.129. The quantitative estimate of drug-likeness (QED) is 0.540. The van der Waals surface area contributed by atoms with E-state index in [0.29, 0.717) is 24.6 Å². The van der Waals surface area contributed by atoms with Gasteiger partial charge < -0.3 is 20.4 Å². The minimum atomic E-state index is -3.80. The van der Waals surface area contributed by atoms with Gasteiger partial charge in [0.1, 0.15) is 11.7 Å². The molecule has 0 saturated heterocycles. The minimum absolute atomic E-state index is 0.00359. The third-order valence-corrected chi connectivity index (χ3v) is 6.95. The smallest absolute Gasteiger partial charge is 0.238 e. The predicted molar refractivity (Wildman–Crippen MR) is 134 cm³/mol. The van der Waals surface area contributed by atoms with Gasteiger partial charge in [-0.3, -0.25) is 4.79 Å². The van der Waals surface area contributed by atoms with Gasteiger partial charge in [-0.1, -0.05) is 12.1 Å². The van der Waals surface area contributed by atoms with E-state index >= 15 is 0 Å². The van der Waals surface area contributed by atoms with Crippen molar-refractivity contribution in [3.8, 4) is 0 Å². The average molecular weight is 503 g/mol. The zero-order chi connectivity index (χ0) is 24.5. The summed E-state index contributed by atoms with van der Waals surface area (Å²) in [5.74, 6) is 0.646. The van der Waals surface area contributed by atoms with Crippen LogP contribution in [0.4, 0.5) is 11.4 Å². The maximum absolute atomic E-state index is 11.9. The summed E-state index contributed by atoms with van der Waals surface area (Å²) in [5, 5.41) is 11.9. The zero-order valence-electron chi connectivity index (χ0n) is 19.0. The van der Waals surface area contributed by atoms with E-state index in [2.05, 4.69) is 16.7 Å². The molecule has 0 spiro atoms. The number of nitrogens with two attached hydrogens (primary N) is 1. The lowest BCUT2D eigenvalue weighted by Gasteiger charge is -2.31. The number of nitrogens with one attached hydrogen (secondary N) is 2. The molecule has 0 saturated carbocycles. The highest BCUT2D eigenvalue weighted by molar-refractivity contribution is 7.89. The summed E-state index contributed by atoms with van der Waals surface area (Å²) in [6, 6.07) is 12.4. The van der Waals surface area contributed by atoms with Gasteiger partial charge in [-0.05, 0) is 54.8 Å². The number of anilines is 2. The number of carbonyl (C=O) groups is 1. The molecule has 1 atom stereocenters. The van der Waals surface area contributed by atoms with Gasteiger partial charge in [-0.2, -0.15) is 0 Å². The fourth-order valence-electron chi connectivity index (χ4n) is 3.99. The van der Waals surface area contributed by atoms with Gasteiger partial charge >= 0.3 is 0 Å². The summed E-state index contributed by atoms with van der Waals surface area (Å²) in [6.45, 7) is 3.18. The SMILES string of the molecule is CC1=CN(C)C(Nc2cccc(S(N)(=O)=O)c2)N=C1Nc1ccc2c(c1)CCN(C(=O)CCl)C2.